The lowest BCUT2D eigenvalue weighted by Crippen LogP contribution is -2.19. The van der Waals surface area contributed by atoms with Crippen molar-refractivity contribution in [2.45, 2.75) is 38.9 Å². The van der Waals surface area contributed by atoms with Gasteiger partial charge in [0.1, 0.15) is 0 Å². The van der Waals surface area contributed by atoms with Gasteiger partial charge in [-0.1, -0.05) is 23.7 Å². The van der Waals surface area contributed by atoms with Crippen molar-refractivity contribution in [1.82, 2.24) is 0 Å². The third kappa shape index (κ3) is 2.94. The first-order valence-electron chi connectivity index (χ1n) is 4.87. The number of hydrogen-bond donors (Lipinski definition) is 2. The first kappa shape index (κ1) is 12.5. The normalized spacial score (nSPS) is 13.0. The Kier molecular flexibility index (Phi) is 3.15. The average Bonchev–Trinajstić information content (AvgIpc) is 1.99. The molecule has 0 spiro atoms. The van der Waals surface area contributed by atoms with Crippen LogP contribution in [-0.2, 0) is 11.2 Å². The van der Waals surface area contributed by atoms with Crippen LogP contribution in [0.1, 0.15) is 38.8 Å². The zero-order valence-electron chi connectivity index (χ0n) is 9.50. The Morgan fingerprint density at radius 3 is 1.87 bits per heavy atom. The molecule has 0 bridgehead atoms. The van der Waals surface area contributed by atoms with Gasteiger partial charge in [0.15, 0.2) is 0 Å². The fraction of sp³-hybridized carbons (Fsp3) is 0.500. The van der Waals surface area contributed by atoms with Gasteiger partial charge in [-0.2, -0.15) is 0 Å². The summed E-state index contributed by atoms with van der Waals surface area (Å²) < 4.78 is 0. The van der Waals surface area contributed by atoms with Crippen LogP contribution in [0.15, 0.2) is 18.2 Å². The maximum absolute atomic E-state index is 9.82. The van der Waals surface area contributed by atoms with E-state index in [1.54, 1.807) is 45.9 Å². The maximum Gasteiger partial charge on any atom is 0.0854 e. The minimum Gasteiger partial charge on any atom is -0.386 e. The molecule has 15 heavy (non-hydrogen) atoms. The zero-order valence-corrected chi connectivity index (χ0v) is 10.3. The highest BCUT2D eigenvalue weighted by Gasteiger charge is 2.22. The van der Waals surface area contributed by atoms with Crippen molar-refractivity contribution < 1.29 is 10.2 Å². The number of rotatable bonds is 2. The van der Waals surface area contributed by atoms with Crippen LogP contribution < -0.4 is 0 Å². The molecule has 0 atom stereocenters. The Morgan fingerprint density at radius 1 is 1.00 bits per heavy atom. The van der Waals surface area contributed by atoms with Crippen molar-refractivity contribution in [1.29, 1.82) is 0 Å². The molecule has 0 unspecified atom stereocenters. The van der Waals surface area contributed by atoms with Gasteiger partial charge in [0.05, 0.1) is 11.2 Å². The van der Waals surface area contributed by atoms with Crippen LogP contribution in [0.2, 0.25) is 5.02 Å². The first-order chi connectivity index (χ1) is 6.62. The molecule has 1 rings (SSSR count). The number of aliphatic hydroxyl groups is 2. The van der Waals surface area contributed by atoms with Crippen LogP contribution >= 0.6 is 11.6 Å². The molecule has 84 valence electrons. The van der Waals surface area contributed by atoms with Crippen LogP contribution in [0.25, 0.3) is 0 Å². The van der Waals surface area contributed by atoms with Crippen molar-refractivity contribution in [3.8, 4) is 0 Å². The molecule has 0 aromatic heterocycles. The van der Waals surface area contributed by atoms with E-state index in [1.165, 1.54) is 0 Å². The van der Waals surface area contributed by atoms with E-state index in [0.717, 1.165) is 5.56 Å². The molecule has 0 aliphatic rings. The van der Waals surface area contributed by atoms with Crippen LogP contribution in [0.3, 0.4) is 0 Å². The van der Waals surface area contributed by atoms with Gasteiger partial charge >= 0.3 is 0 Å². The van der Waals surface area contributed by atoms with Gasteiger partial charge < -0.3 is 10.2 Å². The summed E-state index contributed by atoms with van der Waals surface area (Å²) in [5.74, 6) is 0. The van der Waals surface area contributed by atoms with E-state index in [1.807, 2.05) is 0 Å². The van der Waals surface area contributed by atoms with E-state index in [9.17, 15) is 10.2 Å². The molecule has 0 aliphatic carbocycles. The largest absolute Gasteiger partial charge is 0.386 e. The zero-order chi connectivity index (χ0) is 11.9. The molecule has 0 radical (unpaired) electrons. The minimum absolute atomic E-state index is 0.474. The fourth-order valence-corrected chi connectivity index (χ4v) is 1.80. The molecule has 0 saturated heterocycles. The predicted octanol–water partition coefficient (Wildman–Crippen LogP) is 2.79. The molecule has 0 saturated carbocycles. The fourth-order valence-electron chi connectivity index (χ4n) is 1.39. The quantitative estimate of drug-likeness (QED) is 0.817. The first-order valence-corrected chi connectivity index (χ1v) is 5.25. The Morgan fingerprint density at radius 2 is 1.53 bits per heavy atom. The summed E-state index contributed by atoms with van der Waals surface area (Å²) in [4.78, 5) is 0. The minimum atomic E-state index is -0.963. The molecule has 1 aromatic carbocycles. The summed E-state index contributed by atoms with van der Waals surface area (Å²) in [5, 5.41) is 20.1. The lowest BCUT2D eigenvalue weighted by Gasteiger charge is -2.23. The summed E-state index contributed by atoms with van der Waals surface area (Å²) in [5.41, 5.74) is -0.477. The third-order valence-corrected chi connectivity index (χ3v) is 2.65. The Hall–Kier alpha value is -0.570. The second-order valence-electron chi connectivity index (χ2n) is 4.81. The molecule has 3 heteroatoms. The number of halogens is 1. The summed E-state index contributed by atoms with van der Waals surface area (Å²) in [6, 6.07) is 5.21. The average molecular weight is 229 g/mol. The standard InChI is InChI=1S/C12H17ClO2/c1-11(2,14)8-5-6-9(10(13)7-8)12(3,4)15/h5-7,14-15H,1-4H3. The van der Waals surface area contributed by atoms with Crippen LogP contribution in [0.4, 0.5) is 0 Å². The molecule has 1 aromatic rings. The summed E-state index contributed by atoms with van der Waals surface area (Å²) in [6.45, 7) is 6.75. The number of benzene rings is 1. The topological polar surface area (TPSA) is 40.5 Å². The van der Waals surface area contributed by atoms with Crippen molar-refractivity contribution >= 4 is 11.6 Å². The molecule has 0 aliphatic heterocycles. The highest BCUT2D eigenvalue weighted by atomic mass is 35.5. The summed E-state index contributed by atoms with van der Waals surface area (Å²) in [6.07, 6.45) is 0. The van der Waals surface area contributed by atoms with E-state index in [4.69, 9.17) is 11.6 Å². The van der Waals surface area contributed by atoms with Crippen LogP contribution in [0, 0.1) is 0 Å². The molecule has 0 heterocycles. The molecule has 0 amide bonds. The van der Waals surface area contributed by atoms with Gasteiger partial charge in [-0.05, 0) is 39.3 Å². The summed E-state index contributed by atoms with van der Waals surface area (Å²) >= 11 is 6.05. The maximum atomic E-state index is 9.82. The van der Waals surface area contributed by atoms with Crippen molar-refractivity contribution in [3.63, 3.8) is 0 Å². The van der Waals surface area contributed by atoms with Gasteiger partial charge in [0, 0.05) is 10.6 Å². The molecular formula is C12H17ClO2. The van der Waals surface area contributed by atoms with Crippen molar-refractivity contribution in [2.24, 2.45) is 0 Å². The van der Waals surface area contributed by atoms with E-state index >= 15 is 0 Å². The van der Waals surface area contributed by atoms with Crippen molar-refractivity contribution in [2.75, 3.05) is 0 Å². The molecule has 2 nitrogen and oxygen atoms in total. The molecule has 0 fully saturated rings. The molecule has 2 N–H and O–H groups in total. The predicted molar refractivity (Wildman–Crippen MR) is 61.9 cm³/mol. The lowest BCUT2D eigenvalue weighted by atomic mass is 9.92. The van der Waals surface area contributed by atoms with E-state index in [-0.39, 0.29) is 0 Å². The highest BCUT2D eigenvalue weighted by molar-refractivity contribution is 6.31. The number of hydrogen-bond acceptors (Lipinski definition) is 2. The SMILES string of the molecule is CC(C)(O)c1ccc(C(C)(C)O)c(Cl)c1. The Labute approximate surface area is 95.5 Å². The van der Waals surface area contributed by atoms with Gasteiger partial charge in [-0.25, -0.2) is 0 Å². The third-order valence-electron chi connectivity index (χ3n) is 2.33. The van der Waals surface area contributed by atoms with Gasteiger partial charge in [-0.3, -0.25) is 0 Å². The van der Waals surface area contributed by atoms with Gasteiger partial charge in [0.2, 0.25) is 0 Å². The van der Waals surface area contributed by atoms with E-state index in [0.29, 0.717) is 10.6 Å². The second kappa shape index (κ2) is 3.78. The second-order valence-corrected chi connectivity index (χ2v) is 5.22. The van der Waals surface area contributed by atoms with Gasteiger partial charge in [0.25, 0.3) is 0 Å². The van der Waals surface area contributed by atoms with Crippen molar-refractivity contribution in [3.05, 3.63) is 34.3 Å². The Bertz CT molecular complexity index is 359. The lowest BCUT2D eigenvalue weighted by molar-refractivity contribution is 0.0744. The van der Waals surface area contributed by atoms with E-state index in [2.05, 4.69) is 0 Å². The van der Waals surface area contributed by atoms with Gasteiger partial charge in [-0.15, -0.1) is 0 Å². The highest BCUT2D eigenvalue weighted by Crippen LogP contribution is 2.31. The molecular weight excluding hydrogens is 212 g/mol. The summed E-state index contributed by atoms with van der Waals surface area (Å²) in [7, 11) is 0. The Balaban J connectivity index is 3.21. The van der Waals surface area contributed by atoms with E-state index < -0.39 is 11.2 Å². The van der Waals surface area contributed by atoms with Crippen LogP contribution in [0.5, 0.6) is 0 Å². The smallest absolute Gasteiger partial charge is 0.0854 e. The monoisotopic (exact) mass is 228 g/mol. The van der Waals surface area contributed by atoms with Crippen LogP contribution in [-0.4, -0.2) is 10.2 Å².